The first kappa shape index (κ1) is 13.3. The van der Waals surface area contributed by atoms with Gasteiger partial charge in [-0.25, -0.2) is 9.78 Å². The molecule has 1 atom stereocenters. The van der Waals surface area contributed by atoms with Crippen LogP contribution in [0.15, 0.2) is 6.20 Å². The molecule has 0 saturated carbocycles. The van der Waals surface area contributed by atoms with E-state index < -0.39 is 0 Å². The van der Waals surface area contributed by atoms with Crippen LogP contribution in [-0.2, 0) is 4.74 Å². The third-order valence-corrected chi connectivity index (χ3v) is 4.32. The highest BCUT2D eigenvalue weighted by Gasteiger charge is 2.22. The summed E-state index contributed by atoms with van der Waals surface area (Å²) in [6.45, 7) is 3.29. The second-order valence-electron chi connectivity index (χ2n) is 4.80. The number of likely N-dealkylation sites (tertiary alicyclic amines) is 1. The van der Waals surface area contributed by atoms with Crippen LogP contribution in [0.2, 0.25) is 0 Å². The lowest BCUT2D eigenvalue weighted by Crippen LogP contribution is -2.27. The molecular weight excluding hydrogens is 250 g/mol. The van der Waals surface area contributed by atoms with E-state index in [1.165, 1.54) is 31.4 Å². The Morgan fingerprint density at radius 2 is 2.50 bits per heavy atom. The summed E-state index contributed by atoms with van der Waals surface area (Å²) in [5.41, 5.74) is 0. The van der Waals surface area contributed by atoms with Gasteiger partial charge in [0, 0.05) is 20.1 Å². The van der Waals surface area contributed by atoms with E-state index in [4.69, 9.17) is 0 Å². The highest BCUT2D eigenvalue weighted by molar-refractivity contribution is 7.17. The van der Waals surface area contributed by atoms with E-state index in [-0.39, 0.29) is 5.97 Å². The number of carbonyl (C=O) groups is 1. The van der Waals surface area contributed by atoms with Gasteiger partial charge in [0.05, 0.1) is 13.3 Å². The fourth-order valence-electron chi connectivity index (χ4n) is 2.28. The summed E-state index contributed by atoms with van der Waals surface area (Å²) in [5.74, 6) is 0.373. The van der Waals surface area contributed by atoms with Crippen molar-refractivity contribution in [3.63, 3.8) is 0 Å². The van der Waals surface area contributed by atoms with Crippen molar-refractivity contribution in [3.05, 3.63) is 11.1 Å². The smallest absolute Gasteiger partial charge is 0.349 e. The molecule has 1 aromatic rings. The van der Waals surface area contributed by atoms with Crippen LogP contribution in [0.4, 0.5) is 5.13 Å². The summed E-state index contributed by atoms with van der Waals surface area (Å²) >= 11 is 1.38. The summed E-state index contributed by atoms with van der Waals surface area (Å²) in [7, 11) is 5.57. The van der Waals surface area contributed by atoms with Crippen LogP contribution < -0.4 is 4.90 Å². The Morgan fingerprint density at radius 1 is 1.72 bits per heavy atom. The first-order valence-corrected chi connectivity index (χ1v) is 6.85. The molecule has 1 unspecified atom stereocenters. The molecule has 1 aromatic heterocycles. The first-order chi connectivity index (χ1) is 8.60. The number of methoxy groups -OCH3 is 1. The number of carbonyl (C=O) groups excluding carboxylic acids is 1. The summed E-state index contributed by atoms with van der Waals surface area (Å²) in [6.07, 6.45) is 2.82. The summed E-state index contributed by atoms with van der Waals surface area (Å²) in [6, 6.07) is 0. The lowest BCUT2D eigenvalue weighted by molar-refractivity contribution is 0.0606. The lowest BCUT2D eigenvalue weighted by Gasteiger charge is -2.20. The Labute approximate surface area is 111 Å². The van der Waals surface area contributed by atoms with Crippen LogP contribution in [0.5, 0.6) is 0 Å². The minimum absolute atomic E-state index is 0.312. The molecule has 100 valence electrons. The molecule has 2 heterocycles. The average Bonchev–Trinajstić information content (AvgIpc) is 2.97. The average molecular weight is 269 g/mol. The number of ether oxygens (including phenoxy) is 1. The van der Waals surface area contributed by atoms with Gasteiger partial charge in [0.1, 0.15) is 4.88 Å². The minimum atomic E-state index is -0.312. The van der Waals surface area contributed by atoms with Crippen molar-refractivity contribution in [3.8, 4) is 0 Å². The molecule has 18 heavy (non-hydrogen) atoms. The molecule has 6 heteroatoms. The van der Waals surface area contributed by atoms with Crippen LogP contribution >= 0.6 is 11.3 Å². The normalized spacial score (nSPS) is 20.1. The van der Waals surface area contributed by atoms with Gasteiger partial charge < -0.3 is 14.5 Å². The van der Waals surface area contributed by atoms with Crippen molar-refractivity contribution >= 4 is 22.4 Å². The first-order valence-electron chi connectivity index (χ1n) is 6.04. The molecule has 1 fully saturated rings. The van der Waals surface area contributed by atoms with Gasteiger partial charge in [-0.15, -0.1) is 0 Å². The fourth-order valence-corrected chi connectivity index (χ4v) is 3.08. The van der Waals surface area contributed by atoms with Crippen molar-refractivity contribution in [2.24, 2.45) is 5.92 Å². The molecule has 0 aliphatic carbocycles. The summed E-state index contributed by atoms with van der Waals surface area (Å²) in [4.78, 5) is 20.7. The third-order valence-electron chi connectivity index (χ3n) is 3.23. The molecular formula is C12H19N3O2S. The molecule has 0 bridgehead atoms. The summed E-state index contributed by atoms with van der Waals surface area (Å²) < 4.78 is 4.68. The number of hydrogen-bond acceptors (Lipinski definition) is 6. The molecule has 1 aliphatic heterocycles. The Bertz CT molecular complexity index is 421. The van der Waals surface area contributed by atoms with Crippen molar-refractivity contribution in [2.45, 2.75) is 6.42 Å². The van der Waals surface area contributed by atoms with Crippen molar-refractivity contribution < 1.29 is 9.53 Å². The van der Waals surface area contributed by atoms with Gasteiger partial charge in [0.15, 0.2) is 5.13 Å². The second kappa shape index (κ2) is 5.67. The van der Waals surface area contributed by atoms with E-state index in [1.54, 1.807) is 6.20 Å². The standard InChI is InChI=1S/C12H19N3O2S/c1-14-5-4-9(7-14)8-15(2)12-13-6-10(18-12)11(16)17-3/h6,9H,4-5,7-8H2,1-3H3. The van der Waals surface area contributed by atoms with Gasteiger partial charge in [-0.3, -0.25) is 0 Å². The molecule has 1 saturated heterocycles. The Balaban J connectivity index is 1.94. The molecule has 0 N–H and O–H groups in total. The number of rotatable bonds is 4. The number of anilines is 1. The van der Waals surface area contributed by atoms with Gasteiger partial charge in [-0.1, -0.05) is 11.3 Å². The zero-order valence-electron chi connectivity index (χ0n) is 11.0. The topological polar surface area (TPSA) is 45.7 Å². The maximum absolute atomic E-state index is 11.4. The molecule has 2 rings (SSSR count). The van der Waals surface area contributed by atoms with Gasteiger partial charge in [0.2, 0.25) is 0 Å². The second-order valence-corrected chi connectivity index (χ2v) is 5.81. The quantitative estimate of drug-likeness (QED) is 0.771. The van der Waals surface area contributed by atoms with Crippen LogP contribution in [0.3, 0.4) is 0 Å². The Hall–Kier alpha value is -1.14. The largest absolute Gasteiger partial charge is 0.465 e. The molecule has 0 amide bonds. The van der Waals surface area contributed by atoms with E-state index in [9.17, 15) is 4.79 Å². The fraction of sp³-hybridized carbons (Fsp3) is 0.667. The van der Waals surface area contributed by atoms with Gasteiger partial charge >= 0.3 is 5.97 Å². The van der Waals surface area contributed by atoms with Gasteiger partial charge in [-0.05, 0) is 25.9 Å². The molecule has 1 aliphatic rings. The number of nitrogens with zero attached hydrogens (tertiary/aromatic N) is 3. The van der Waals surface area contributed by atoms with Gasteiger partial charge in [-0.2, -0.15) is 0 Å². The zero-order valence-corrected chi connectivity index (χ0v) is 11.9. The predicted molar refractivity (Wildman–Crippen MR) is 72.3 cm³/mol. The maximum atomic E-state index is 11.4. The maximum Gasteiger partial charge on any atom is 0.349 e. The SMILES string of the molecule is COC(=O)c1cnc(N(C)CC2CCN(C)C2)s1. The zero-order chi connectivity index (χ0) is 13.1. The Morgan fingerprint density at radius 3 is 3.11 bits per heavy atom. The minimum Gasteiger partial charge on any atom is -0.465 e. The highest BCUT2D eigenvalue weighted by Crippen LogP contribution is 2.24. The monoisotopic (exact) mass is 269 g/mol. The molecule has 0 spiro atoms. The summed E-state index contributed by atoms with van der Waals surface area (Å²) in [5, 5.41) is 0.880. The van der Waals surface area contributed by atoms with Crippen molar-refractivity contribution in [1.29, 1.82) is 0 Å². The molecule has 5 nitrogen and oxygen atoms in total. The van der Waals surface area contributed by atoms with Crippen molar-refractivity contribution in [1.82, 2.24) is 9.88 Å². The van der Waals surface area contributed by atoms with E-state index >= 15 is 0 Å². The van der Waals surface area contributed by atoms with Gasteiger partial charge in [0.25, 0.3) is 0 Å². The number of aromatic nitrogens is 1. The molecule has 0 aromatic carbocycles. The van der Waals surface area contributed by atoms with Crippen LogP contribution in [0.25, 0.3) is 0 Å². The van der Waals surface area contributed by atoms with E-state index in [2.05, 4.69) is 26.6 Å². The Kier molecular flexibility index (Phi) is 4.19. The number of thiazole rings is 1. The third kappa shape index (κ3) is 3.00. The highest BCUT2D eigenvalue weighted by atomic mass is 32.1. The predicted octanol–water partition coefficient (Wildman–Crippen LogP) is 1.32. The van der Waals surface area contributed by atoms with E-state index in [0.717, 1.165) is 18.2 Å². The van der Waals surface area contributed by atoms with Crippen LogP contribution in [0, 0.1) is 5.92 Å². The van der Waals surface area contributed by atoms with E-state index in [0.29, 0.717) is 10.8 Å². The lowest BCUT2D eigenvalue weighted by atomic mass is 10.1. The molecule has 0 radical (unpaired) electrons. The number of hydrogen-bond donors (Lipinski definition) is 0. The van der Waals surface area contributed by atoms with Crippen molar-refractivity contribution in [2.75, 3.05) is 45.7 Å². The van der Waals surface area contributed by atoms with Crippen LogP contribution in [0.1, 0.15) is 16.1 Å². The van der Waals surface area contributed by atoms with E-state index in [1.807, 2.05) is 7.05 Å². The number of esters is 1. The van der Waals surface area contributed by atoms with Crippen LogP contribution in [-0.4, -0.2) is 56.7 Å².